The first-order chi connectivity index (χ1) is 13.3. The quantitative estimate of drug-likeness (QED) is 0.802. The van der Waals surface area contributed by atoms with Gasteiger partial charge in [0.1, 0.15) is 10.6 Å². The SMILES string of the molecule is COc1ccc(C(=O)Nc2cccc(N3CCCC3)c2)cc1S(=O)(=O)N(C)C. The summed E-state index contributed by atoms with van der Waals surface area (Å²) in [6.45, 7) is 2.03. The first kappa shape index (κ1) is 20.2. The van der Waals surface area contributed by atoms with E-state index in [2.05, 4.69) is 10.2 Å². The second kappa shape index (κ2) is 8.20. The van der Waals surface area contributed by atoms with Crippen LogP contribution in [0.4, 0.5) is 11.4 Å². The highest BCUT2D eigenvalue weighted by atomic mass is 32.2. The summed E-state index contributed by atoms with van der Waals surface area (Å²) in [6, 6.07) is 12.1. The third kappa shape index (κ3) is 4.13. The summed E-state index contributed by atoms with van der Waals surface area (Å²) in [5.74, 6) is -0.183. The van der Waals surface area contributed by atoms with Gasteiger partial charge in [-0.1, -0.05) is 6.07 Å². The maximum Gasteiger partial charge on any atom is 0.255 e. The number of carbonyl (C=O) groups excluding carboxylic acids is 1. The minimum atomic E-state index is -3.74. The molecule has 150 valence electrons. The maximum absolute atomic E-state index is 12.7. The van der Waals surface area contributed by atoms with Crippen molar-refractivity contribution >= 4 is 27.3 Å². The van der Waals surface area contributed by atoms with Gasteiger partial charge in [0, 0.05) is 44.1 Å². The highest BCUT2D eigenvalue weighted by Gasteiger charge is 2.24. The van der Waals surface area contributed by atoms with Crippen LogP contribution in [0.5, 0.6) is 5.75 Å². The predicted octanol–water partition coefficient (Wildman–Crippen LogP) is 2.80. The van der Waals surface area contributed by atoms with E-state index in [4.69, 9.17) is 4.74 Å². The highest BCUT2D eigenvalue weighted by molar-refractivity contribution is 7.89. The summed E-state index contributed by atoms with van der Waals surface area (Å²) in [6.07, 6.45) is 2.34. The lowest BCUT2D eigenvalue weighted by molar-refractivity contribution is 0.102. The van der Waals surface area contributed by atoms with Gasteiger partial charge in [0.25, 0.3) is 5.91 Å². The normalized spacial score (nSPS) is 14.4. The first-order valence-electron chi connectivity index (χ1n) is 9.10. The Labute approximate surface area is 166 Å². The number of benzene rings is 2. The van der Waals surface area contributed by atoms with Gasteiger partial charge in [-0.2, -0.15) is 0 Å². The average molecular weight is 404 g/mol. The second-order valence-corrected chi connectivity index (χ2v) is 8.97. The molecule has 28 heavy (non-hydrogen) atoms. The molecule has 1 aliphatic rings. The lowest BCUT2D eigenvalue weighted by Gasteiger charge is -2.18. The molecule has 1 aliphatic heterocycles. The molecule has 1 N–H and O–H groups in total. The molecule has 1 saturated heterocycles. The predicted molar refractivity (Wildman–Crippen MR) is 110 cm³/mol. The van der Waals surface area contributed by atoms with Crippen molar-refractivity contribution in [1.29, 1.82) is 0 Å². The van der Waals surface area contributed by atoms with E-state index >= 15 is 0 Å². The van der Waals surface area contributed by atoms with Crippen molar-refractivity contribution in [2.24, 2.45) is 0 Å². The highest BCUT2D eigenvalue weighted by Crippen LogP contribution is 2.28. The zero-order valence-electron chi connectivity index (χ0n) is 16.3. The number of hydrogen-bond acceptors (Lipinski definition) is 5. The summed E-state index contributed by atoms with van der Waals surface area (Å²) in [4.78, 5) is 15.0. The number of methoxy groups -OCH3 is 1. The lowest BCUT2D eigenvalue weighted by Crippen LogP contribution is -2.23. The molecule has 0 aromatic heterocycles. The molecule has 8 heteroatoms. The molecule has 3 rings (SSSR count). The van der Waals surface area contributed by atoms with Crippen molar-refractivity contribution in [3.63, 3.8) is 0 Å². The van der Waals surface area contributed by atoms with Gasteiger partial charge in [0.15, 0.2) is 0 Å². The number of amides is 1. The number of carbonyl (C=O) groups is 1. The van der Waals surface area contributed by atoms with Crippen molar-refractivity contribution in [3.05, 3.63) is 48.0 Å². The molecule has 0 bridgehead atoms. The zero-order chi connectivity index (χ0) is 20.3. The van der Waals surface area contributed by atoms with Crippen LogP contribution in [-0.4, -0.2) is 52.9 Å². The van der Waals surface area contributed by atoms with Gasteiger partial charge in [-0.25, -0.2) is 12.7 Å². The van der Waals surface area contributed by atoms with Gasteiger partial charge in [-0.3, -0.25) is 4.79 Å². The fourth-order valence-electron chi connectivity index (χ4n) is 3.18. The Bertz CT molecular complexity index is 967. The molecule has 1 amide bonds. The molecular formula is C20H25N3O4S. The summed E-state index contributed by atoms with van der Waals surface area (Å²) < 4.78 is 31.3. The van der Waals surface area contributed by atoms with E-state index in [1.54, 1.807) is 6.07 Å². The summed E-state index contributed by atoms with van der Waals surface area (Å²) in [5.41, 5.74) is 1.98. The largest absolute Gasteiger partial charge is 0.495 e. The molecule has 7 nitrogen and oxygen atoms in total. The van der Waals surface area contributed by atoms with Gasteiger partial charge in [0.05, 0.1) is 7.11 Å². The van der Waals surface area contributed by atoms with Gasteiger partial charge in [0.2, 0.25) is 10.0 Å². The Balaban J connectivity index is 1.86. The number of anilines is 2. The minimum absolute atomic E-state index is 0.0431. The van der Waals surface area contributed by atoms with Gasteiger partial charge in [-0.15, -0.1) is 0 Å². The summed E-state index contributed by atoms with van der Waals surface area (Å²) >= 11 is 0. The standard InChI is InChI=1S/C20H25N3O4S/c1-22(2)28(25,26)19-13-15(9-10-18(19)27-3)20(24)21-16-7-6-8-17(14-16)23-11-4-5-12-23/h6-10,13-14H,4-5,11-12H2,1-3H3,(H,21,24). The zero-order valence-corrected chi connectivity index (χ0v) is 17.1. The van der Waals surface area contributed by atoms with Crippen molar-refractivity contribution in [3.8, 4) is 5.75 Å². The van der Waals surface area contributed by atoms with Crippen LogP contribution >= 0.6 is 0 Å². The van der Waals surface area contributed by atoms with Crippen molar-refractivity contribution < 1.29 is 17.9 Å². The van der Waals surface area contributed by atoms with E-state index in [1.807, 2.05) is 24.3 Å². The van der Waals surface area contributed by atoms with Crippen molar-refractivity contribution in [2.45, 2.75) is 17.7 Å². The van der Waals surface area contributed by atoms with Crippen molar-refractivity contribution in [2.75, 3.05) is 44.5 Å². The number of ether oxygens (including phenoxy) is 1. The van der Waals surface area contributed by atoms with Crippen LogP contribution < -0.4 is 15.0 Å². The van der Waals surface area contributed by atoms with Crippen LogP contribution in [0.15, 0.2) is 47.4 Å². The average Bonchev–Trinajstić information content (AvgIpc) is 3.22. The molecule has 1 heterocycles. The van der Waals surface area contributed by atoms with Gasteiger partial charge < -0.3 is 15.0 Å². The Morgan fingerprint density at radius 1 is 1.11 bits per heavy atom. The van der Waals surface area contributed by atoms with Crippen molar-refractivity contribution in [1.82, 2.24) is 4.31 Å². The summed E-state index contributed by atoms with van der Waals surface area (Å²) in [7, 11) is 0.524. The lowest BCUT2D eigenvalue weighted by atomic mass is 10.2. The Morgan fingerprint density at radius 3 is 2.46 bits per heavy atom. The first-order valence-corrected chi connectivity index (χ1v) is 10.5. The fraction of sp³-hybridized carbons (Fsp3) is 0.350. The minimum Gasteiger partial charge on any atom is -0.495 e. The molecule has 2 aromatic rings. The number of nitrogens with zero attached hydrogens (tertiary/aromatic N) is 2. The van der Waals surface area contributed by atoms with Crippen LogP contribution in [0.2, 0.25) is 0 Å². The van der Waals surface area contributed by atoms with Gasteiger partial charge >= 0.3 is 0 Å². The number of sulfonamides is 1. The smallest absolute Gasteiger partial charge is 0.255 e. The fourth-order valence-corrected chi connectivity index (χ4v) is 4.25. The monoisotopic (exact) mass is 403 g/mol. The van der Waals surface area contributed by atoms with Crippen LogP contribution in [0.3, 0.4) is 0 Å². The van der Waals surface area contributed by atoms with Gasteiger partial charge in [-0.05, 0) is 49.2 Å². The molecular weight excluding hydrogens is 378 g/mol. The van der Waals surface area contributed by atoms with E-state index in [9.17, 15) is 13.2 Å². The van der Waals surface area contributed by atoms with E-state index in [0.29, 0.717) is 5.69 Å². The van der Waals surface area contributed by atoms with E-state index in [1.165, 1.54) is 46.2 Å². The Hall–Kier alpha value is -2.58. The number of hydrogen-bond donors (Lipinski definition) is 1. The second-order valence-electron chi connectivity index (χ2n) is 6.85. The molecule has 2 aromatic carbocycles. The number of nitrogens with one attached hydrogen (secondary N) is 1. The molecule has 0 spiro atoms. The van der Waals surface area contributed by atoms with E-state index in [0.717, 1.165) is 23.1 Å². The van der Waals surface area contributed by atoms with E-state index in [-0.39, 0.29) is 22.1 Å². The Morgan fingerprint density at radius 2 is 1.82 bits per heavy atom. The third-order valence-electron chi connectivity index (χ3n) is 4.76. The molecule has 0 saturated carbocycles. The van der Waals surface area contributed by atoms with Crippen LogP contribution in [0.1, 0.15) is 23.2 Å². The molecule has 0 unspecified atom stereocenters. The Kier molecular flexibility index (Phi) is 5.90. The van der Waals surface area contributed by atoms with Crippen LogP contribution in [0.25, 0.3) is 0 Å². The van der Waals surface area contributed by atoms with Crippen LogP contribution in [-0.2, 0) is 10.0 Å². The third-order valence-corrected chi connectivity index (χ3v) is 6.60. The summed E-state index contributed by atoms with van der Waals surface area (Å²) in [5, 5.41) is 2.85. The molecule has 0 atom stereocenters. The molecule has 0 radical (unpaired) electrons. The van der Waals surface area contributed by atoms with Crippen LogP contribution in [0, 0.1) is 0 Å². The topological polar surface area (TPSA) is 79.0 Å². The molecule has 1 fully saturated rings. The maximum atomic E-state index is 12.7. The van der Waals surface area contributed by atoms with E-state index < -0.39 is 10.0 Å². The molecule has 0 aliphatic carbocycles. The number of rotatable bonds is 6.